The lowest BCUT2D eigenvalue weighted by Crippen LogP contribution is -2.54. The molecule has 0 spiro atoms. The summed E-state index contributed by atoms with van der Waals surface area (Å²) in [6, 6.07) is 0.165. The molecule has 9 nitrogen and oxygen atoms in total. The van der Waals surface area contributed by atoms with Crippen LogP contribution in [0.4, 0.5) is 4.79 Å². The minimum atomic E-state index is -0.494. The van der Waals surface area contributed by atoms with E-state index < -0.39 is 5.60 Å². The maximum atomic E-state index is 12.1. The second-order valence-electron chi connectivity index (χ2n) is 9.38. The molecule has 9 heteroatoms. The van der Waals surface area contributed by atoms with Crippen LogP contribution in [0.3, 0.4) is 0 Å². The van der Waals surface area contributed by atoms with Gasteiger partial charge in [0.2, 0.25) is 5.91 Å². The van der Waals surface area contributed by atoms with Gasteiger partial charge >= 0.3 is 6.09 Å². The second kappa shape index (κ2) is 12.0. The van der Waals surface area contributed by atoms with Gasteiger partial charge in [0.05, 0.1) is 6.54 Å². The smallest absolute Gasteiger partial charge is 0.410 e. The zero-order valence-electron chi connectivity index (χ0n) is 20.1. The summed E-state index contributed by atoms with van der Waals surface area (Å²) in [5, 5.41) is 6.35. The Kier molecular flexibility index (Phi) is 10.4. The average Bonchev–Trinajstić information content (AvgIpc) is 2.61. The lowest BCUT2D eigenvalue weighted by atomic mass is 10.1. The Morgan fingerprint density at radius 2 is 1.73 bits per heavy atom. The topological polar surface area (TPSA) is 89.5 Å². The number of ether oxygens (including phenoxy) is 1. The summed E-state index contributed by atoms with van der Waals surface area (Å²) in [4.78, 5) is 34.5. The molecule has 0 saturated carbocycles. The molecule has 1 aliphatic heterocycles. The molecule has 1 aliphatic rings. The van der Waals surface area contributed by atoms with E-state index in [4.69, 9.17) is 4.74 Å². The molecular weight excluding hydrogens is 384 g/mol. The van der Waals surface area contributed by atoms with E-state index in [1.54, 1.807) is 19.0 Å². The number of hydrogen-bond acceptors (Lipinski definition) is 5. The molecule has 2 amide bonds. The van der Waals surface area contributed by atoms with E-state index in [1.165, 1.54) is 0 Å². The third-order valence-electron chi connectivity index (χ3n) is 4.60. The maximum absolute atomic E-state index is 12.1. The molecule has 1 heterocycles. The SMILES string of the molecule is CN=C(NCC(C)CN(C)C(=O)OC(C)(C)C)N1CCN(CC(=O)NC(C)C)CC1. The van der Waals surface area contributed by atoms with Gasteiger partial charge in [0.15, 0.2) is 5.96 Å². The predicted molar refractivity (Wildman–Crippen MR) is 121 cm³/mol. The van der Waals surface area contributed by atoms with Crippen molar-refractivity contribution < 1.29 is 14.3 Å². The third-order valence-corrected chi connectivity index (χ3v) is 4.60. The number of nitrogens with one attached hydrogen (secondary N) is 2. The van der Waals surface area contributed by atoms with Crippen molar-refractivity contribution >= 4 is 18.0 Å². The van der Waals surface area contributed by atoms with Gasteiger partial charge in [-0.1, -0.05) is 6.92 Å². The number of aliphatic imine (C=N–C) groups is 1. The van der Waals surface area contributed by atoms with Crippen LogP contribution in [0, 0.1) is 5.92 Å². The second-order valence-corrected chi connectivity index (χ2v) is 9.38. The molecule has 0 aromatic rings. The van der Waals surface area contributed by atoms with E-state index >= 15 is 0 Å². The van der Waals surface area contributed by atoms with Crippen molar-refractivity contribution in [2.45, 2.75) is 53.2 Å². The van der Waals surface area contributed by atoms with Crippen LogP contribution in [-0.4, -0.2) is 104 Å². The molecule has 0 aliphatic carbocycles. The van der Waals surface area contributed by atoms with Gasteiger partial charge in [0, 0.05) is 59.4 Å². The van der Waals surface area contributed by atoms with Crippen LogP contribution in [0.5, 0.6) is 0 Å². The van der Waals surface area contributed by atoms with Crippen LogP contribution in [-0.2, 0) is 9.53 Å². The first-order valence-electron chi connectivity index (χ1n) is 10.8. The summed E-state index contributed by atoms with van der Waals surface area (Å²) >= 11 is 0. The first-order valence-corrected chi connectivity index (χ1v) is 10.8. The summed E-state index contributed by atoms with van der Waals surface area (Å²) in [6.07, 6.45) is -0.309. The van der Waals surface area contributed by atoms with E-state index in [2.05, 4.69) is 32.3 Å². The zero-order chi connectivity index (χ0) is 22.9. The molecule has 174 valence electrons. The van der Waals surface area contributed by atoms with Gasteiger partial charge in [-0.15, -0.1) is 0 Å². The number of nitrogens with zero attached hydrogens (tertiary/aromatic N) is 4. The molecule has 2 N–H and O–H groups in total. The molecule has 0 radical (unpaired) electrons. The quantitative estimate of drug-likeness (QED) is 0.470. The lowest BCUT2D eigenvalue weighted by molar-refractivity contribution is -0.123. The number of piperazine rings is 1. The van der Waals surface area contributed by atoms with E-state index in [-0.39, 0.29) is 24.0 Å². The van der Waals surface area contributed by atoms with Crippen molar-refractivity contribution in [3.63, 3.8) is 0 Å². The van der Waals surface area contributed by atoms with E-state index in [0.29, 0.717) is 19.6 Å². The van der Waals surface area contributed by atoms with E-state index in [0.717, 1.165) is 32.1 Å². The Labute approximate surface area is 182 Å². The van der Waals surface area contributed by atoms with Crippen molar-refractivity contribution in [2.24, 2.45) is 10.9 Å². The minimum Gasteiger partial charge on any atom is -0.444 e. The summed E-state index contributed by atoms with van der Waals surface area (Å²) in [7, 11) is 3.54. The van der Waals surface area contributed by atoms with Gasteiger partial charge < -0.3 is 25.2 Å². The summed E-state index contributed by atoms with van der Waals surface area (Å²) in [5.74, 6) is 1.16. The Hall–Kier alpha value is -2.03. The molecule has 0 aromatic carbocycles. The summed E-state index contributed by atoms with van der Waals surface area (Å²) < 4.78 is 5.40. The highest BCUT2D eigenvalue weighted by atomic mass is 16.6. The lowest BCUT2D eigenvalue weighted by Gasteiger charge is -2.36. The number of guanidine groups is 1. The number of amides is 2. The molecule has 1 unspecified atom stereocenters. The fraction of sp³-hybridized carbons (Fsp3) is 0.857. The van der Waals surface area contributed by atoms with Gasteiger partial charge in [0.25, 0.3) is 0 Å². The Bertz CT molecular complexity index is 580. The van der Waals surface area contributed by atoms with E-state index in [1.807, 2.05) is 34.6 Å². The zero-order valence-corrected chi connectivity index (χ0v) is 20.1. The maximum Gasteiger partial charge on any atom is 0.410 e. The first-order chi connectivity index (χ1) is 13.9. The highest BCUT2D eigenvalue weighted by molar-refractivity contribution is 5.80. The fourth-order valence-electron chi connectivity index (χ4n) is 3.23. The molecule has 0 bridgehead atoms. The molecule has 30 heavy (non-hydrogen) atoms. The van der Waals surface area contributed by atoms with Crippen LogP contribution >= 0.6 is 0 Å². The molecule has 0 aromatic heterocycles. The van der Waals surface area contributed by atoms with Gasteiger partial charge in [0.1, 0.15) is 5.60 Å². The minimum absolute atomic E-state index is 0.0730. The van der Waals surface area contributed by atoms with Gasteiger partial charge in [-0.2, -0.15) is 0 Å². The fourth-order valence-corrected chi connectivity index (χ4v) is 3.23. The monoisotopic (exact) mass is 426 g/mol. The molecule has 1 rings (SSSR count). The average molecular weight is 427 g/mol. The molecule has 1 saturated heterocycles. The first kappa shape index (κ1) is 26.0. The third kappa shape index (κ3) is 10.1. The van der Waals surface area contributed by atoms with Crippen LogP contribution < -0.4 is 10.6 Å². The van der Waals surface area contributed by atoms with Crippen molar-refractivity contribution in [3.8, 4) is 0 Å². The van der Waals surface area contributed by atoms with Gasteiger partial charge in [-0.25, -0.2) is 4.79 Å². The van der Waals surface area contributed by atoms with Crippen LogP contribution in [0.25, 0.3) is 0 Å². The standard InChI is InChI=1S/C21H42N6O3/c1-16(2)24-18(28)15-26-9-11-27(12-10-26)19(22-7)23-13-17(3)14-25(8)20(29)30-21(4,5)6/h16-17H,9-15H2,1-8H3,(H,22,23)(H,24,28). The molecular formula is C21H42N6O3. The van der Waals surface area contributed by atoms with Gasteiger partial charge in [-0.3, -0.25) is 14.7 Å². The molecule has 1 atom stereocenters. The largest absolute Gasteiger partial charge is 0.444 e. The number of rotatable bonds is 7. The predicted octanol–water partition coefficient (Wildman–Crippen LogP) is 1.21. The highest BCUT2D eigenvalue weighted by Crippen LogP contribution is 2.10. The van der Waals surface area contributed by atoms with Crippen molar-refractivity contribution in [1.82, 2.24) is 25.3 Å². The normalized spacial score (nSPS) is 17.0. The highest BCUT2D eigenvalue weighted by Gasteiger charge is 2.23. The van der Waals surface area contributed by atoms with Crippen LogP contribution in [0.2, 0.25) is 0 Å². The summed E-state index contributed by atoms with van der Waals surface area (Å²) in [6.45, 7) is 16.6. The Balaban J connectivity index is 2.39. The van der Waals surface area contributed by atoms with Crippen molar-refractivity contribution in [1.29, 1.82) is 0 Å². The van der Waals surface area contributed by atoms with Crippen LogP contribution in [0.1, 0.15) is 41.5 Å². The van der Waals surface area contributed by atoms with Crippen LogP contribution in [0.15, 0.2) is 4.99 Å². The number of carbonyl (C=O) groups excluding carboxylic acids is 2. The Morgan fingerprint density at radius 3 is 2.23 bits per heavy atom. The summed E-state index contributed by atoms with van der Waals surface area (Å²) in [5.41, 5.74) is -0.494. The van der Waals surface area contributed by atoms with Gasteiger partial charge in [-0.05, 0) is 40.5 Å². The number of hydrogen-bond donors (Lipinski definition) is 2. The number of carbonyl (C=O) groups is 2. The van der Waals surface area contributed by atoms with Crippen molar-refractivity contribution in [2.75, 3.05) is 59.9 Å². The van der Waals surface area contributed by atoms with Crippen molar-refractivity contribution in [3.05, 3.63) is 0 Å². The Morgan fingerprint density at radius 1 is 1.13 bits per heavy atom. The molecule has 1 fully saturated rings. The van der Waals surface area contributed by atoms with E-state index in [9.17, 15) is 9.59 Å².